The molecule has 3 rings (SSSR count). The van der Waals surface area contributed by atoms with Crippen LogP contribution >= 0.6 is 0 Å². The lowest BCUT2D eigenvalue weighted by Crippen LogP contribution is -2.27. The Balaban J connectivity index is 1.67. The molecule has 130 valence electrons. The Morgan fingerprint density at radius 1 is 1.08 bits per heavy atom. The van der Waals surface area contributed by atoms with Gasteiger partial charge in [-0.1, -0.05) is 24.3 Å². The number of nitrogens with one attached hydrogen (secondary N) is 2. The average molecular weight is 340 g/mol. The minimum Gasteiger partial charge on any atom is -0.496 e. The third kappa shape index (κ3) is 3.28. The smallest absolute Gasteiger partial charge is 0.258 e. The molecule has 2 amide bonds. The van der Waals surface area contributed by atoms with Crippen molar-refractivity contribution in [1.29, 1.82) is 0 Å². The van der Waals surface area contributed by atoms with Crippen LogP contribution in [-0.2, 0) is 4.79 Å². The minimum atomic E-state index is -0.291. The van der Waals surface area contributed by atoms with Gasteiger partial charge < -0.3 is 20.1 Å². The fourth-order valence-electron chi connectivity index (χ4n) is 3.06. The van der Waals surface area contributed by atoms with Gasteiger partial charge in [0.05, 0.1) is 20.1 Å². The second-order valence-electron chi connectivity index (χ2n) is 5.71. The third-order valence-electron chi connectivity index (χ3n) is 4.28. The number of methoxy groups -OCH3 is 2. The molecular weight excluding hydrogens is 320 g/mol. The van der Waals surface area contributed by atoms with Gasteiger partial charge in [0.15, 0.2) is 0 Å². The Morgan fingerprint density at radius 3 is 2.44 bits per heavy atom. The summed E-state index contributed by atoms with van der Waals surface area (Å²) in [6, 6.07) is 12.8. The maximum absolute atomic E-state index is 12.5. The SMILES string of the molecule is COc1cccc(OC)c1C(=O)NCCC1C(=O)Nc2ccccc21. The van der Waals surface area contributed by atoms with E-state index in [1.807, 2.05) is 24.3 Å². The van der Waals surface area contributed by atoms with E-state index >= 15 is 0 Å². The van der Waals surface area contributed by atoms with E-state index in [2.05, 4.69) is 10.6 Å². The maximum atomic E-state index is 12.5. The summed E-state index contributed by atoms with van der Waals surface area (Å²) in [5.41, 5.74) is 2.16. The molecule has 6 heteroatoms. The van der Waals surface area contributed by atoms with Crippen molar-refractivity contribution >= 4 is 17.5 Å². The summed E-state index contributed by atoms with van der Waals surface area (Å²) in [6.07, 6.45) is 0.520. The molecule has 1 unspecified atom stereocenters. The van der Waals surface area contributed by atoms with Crippen molar-refractivity contribution in [3.05, 3.63) is 53.6 Å². The number of ether oxygens (including phenoxy) is 2. The average Bonchev–Trinajstić information content (AvgIpc) is 2.96. The van der Waals surface area contributed by atoms with Crippen molar-refractivity contribution in [3.8, 4) is 11.5 Å². The van der Waals surface area contributed by atoms with Gasteiger partial charge in [-0.15, -0.1) is 0 Å². The third-order valence-corrected chi connectivity index (χ3v) is 4.28. The van der Waals surface area contributed by atoms with Gasteiger partial charge in [0.2, 0.25) is 5.91 Å². The van der Waals surface area contributed by atoms with Crippen molar-refractivity contribution in [2.75, 3.05) is 26.1 Å². The zero-order chi connectivity index (χ0) is 17.8. The topological polar surface area (TPSA) is 76.7 Å². The Labute approximate surface area is 146 Å². The first-order valence-corrected chi connectivity index (χ1v) is 8.04. The van der Waals surface area contributed by atoms with Gasteiger partial charge in [0, 0.05) is 12.2 Å². The van der Waals surface area contributed by atoms with Gasteiger partial charge in [-0.05, 0) is 30.2 Å². The van der Waals surface area contributed by atoms with E-state index in [9.17, 15) is 9.59 Å². The van der Waals surface area contributed by atoms with Crippen LogP contribution in [0.3, 0.4) is 0 Å². The van der Waals surface area contributed by atoms with Crippen LogP contribution in [0.25, 0.3) is 0 Å². The second-order valence-corrected chi connectivity index (χ2v) is 5.71. The molecule has 1 aliphatic heterocycles. The van der Waals surface area contributed by atoms with Crippen LogP contribution in [-0.4, -0.2) is 32.6 Å². The van der Waals surface area contributed by atoms with Crippen molar-refractivity contribution in [2.24, 2.45) is 0 Å². The van der Waals surface area contributed by atoms with Crippen LogP contribution in [0.5, 0.6) is 11.5 Å². The van der Waals surface area contributed by atoms with Gasteiger partial charge in [0.1, 0.15) is 17.1 Å². The molecule has 25 heavy (non-hydrogen) atoms. The minimum absolute atomic E-state index is 0.0367. The monoisotopic (exact) mass is 340 g/mol. The lowest BCUT2D eigenvalue weighted by Gasteiger charge is -2.14. The molecule has 2 aromatic carbocycles. The normalized spacial score (nSPS) is 15.3. The predicted octanol–water partition coefficient (Wildman–Crippen LogP) is 2.56. The molecule has 0 saturated carbocycles. The molecule has 1 atom stereocenters. The van der Waals surface area contributed by atoms with E-state index in [0.717, 1.165) is 11.3 Å². The van der Waals surface area contributed by atoms with Crippen molar-refractivity contribution in [3.63, 3.8) is 0 Å². The van der Waals surface area contributed by atoms with Crippen LogP contribution in [0.1, 0.15) is 28.3 Å². The highest BCUT2D eigenvalue weighted by molar-refractivity contribution is 6.03. The van der Waals surface area contributed by atoms with E-state index in [4.69, 9.17) is 9.47 Å². The molecule has 0 bridgehead atoms. The van der Waals surface area contributed by atoms with E-state index in [1.165, 1.54) is 14.2 Å². The molecule has 0 spiro atoms. The van der Waals surface area contributed by atoms with Crippen LogP contribution in [0, 0.1) is 0 Å². The molecule has 0 radical (unpaired) electrons. The van der Waals surface area contributed by atoms with Crippen molar-refractivity contribution in [1.82, 2.24) is 5.32 Å². The Hall–Kier alpha value is -3.02. The zero-order valence-corrected chi connectivity index (χ0v) is 14.2. The molecule has 0 aliphatic carbocycles. The van der Waals surface area contributed by atoms with Gasteiger partial charge in [0.25, 0.3) is 5.91 Å². The van der Waals surface area contributed by atoms with Crippen molar-refractivity contribution < 1.29 is 19.1 Å². The number of hydrogen-bond acceptors (Lipinski definition) is 4. The summed E-state index contributed by atoms with van der Waals surface area (Å²) >= 11 is 0. The molecule has 0 saturated heterocycles. The molecule has 0 aromatic heterocycles. The fourth-order valence-corrected chi connectivity index (χ4v) is 3.06. The summed E-state index contributed by atoms with van der Waals surface area (Å²) < 4.78 is 10.5. The van der Waals surface area contributed by atoms with E-state index in [0.29, 0.717) is 30.0 Å². The van der Waals surface area contributed by atoms with Crippen LogP contribution < -0.4 is 20.1 Å². The molecule has 6 nitrogen and oxygen atoms in total. The number of hydrogen-bond donors (Lipinski definition) is 2. The van der Waals surface area contributed by atoms with Crippen LogP contribution in [0.15, 0.2) is 42.5 Å². The number of carbonyl (C=O) groups is 2. The quantitative estimate of drug-likeness (QED) is 0.847. The highest BCUT2D eigenvalue weighted by Crippen LogP contribution is 2.34. The number of rotatable bonds is 6. The Kier molecular flexibility index (Phi) is 4.88. The lowest BCUT2D eigenvalue weighted by molar-refractivity contribution is -0.117. The molecule has 0 fully saturated rings. The van der Waals surface area contributed by atoms with Crippen LogP contribution in [0.4, 0.5) is 5.69 Å². The van der Waals surface area contributed by atoms with Gasteiger partial charge >= 0.3 is 0 Å². The maximum Gasteiger partial charge on any atom is 0.258 e. The van der Waals surface area contributed by atoms with Gasteiger partial charge in [-0.25, -0.2) is 0 Å². The zero-order valence-electron chi connectivity index (χ0n) is 14.2. The molecule has 1 aliphatic rings. The van der Waals surface area contributed by atoms with E-state index in [-0.39, 0.29) is 17.7 Å². The Bertz CT molecular complexity index is 782. The summed E-state index contributed by atoms with van der Waals surface area (Å²) in [5.74, 6) is 0.309. The molecule has 2 N–H and O–H groups in total. The second kappa shape index (κ2) is 7.25. The highest BCUT2D eigenvalue weighted by Gasteiger charge is 2.29. The number of amides is 2. The predicted molar refractivity (Wildman–Crippen MR) is 94.3 cm³/mol. The first-order chi connectivity index (χ1) is 12.2. The van der Waals surface area contributed by atoms with Crippen LogP contribution in [0.2, 0.25) is 0 Å². The Morgan fingerprint density at radius 2 is 1.76 bits per heavy atom. The number of fused-ring (bicyclic) bond motifs is 1. The lowest BCUT2D eigenvalue weighted by atomic mass is 9.97. The van der Waals surface area contributed by atoms with Gasteiger partial charge in [-0.3, -0.25) is 9.59 Å². The number of carbonyl (C=O) groups excluding carboxylic acids is 2. The summed E-state index contributed by atoms with van der Waals surface area (Å²) in [4.78, 5) is 24.6. The first kappa shape index (κ1) is 16.8. The molecular formula is C19H20N2O4. The number of anilines is 1. The summed E-state index contributed by atoms with van der Waals surface area (Å²) in [6.45, 7) is 0.368. The molecule has 1 heterocycles. The summed E-state index contributed by atoms with van der Waals surface area (Å²) in [5, 5.41) is 5.71. The van der Waals surface area contributed by atoms with E-state index in [1.54, 1.807) is 18.2 Å². The van der Waals surface area contributed by atoms with E-state index < -0.39 is 0 Å². The highest BCUT2D eigenvalue weighted by atomic mass is 16.5. The standard InChI is InChI=1S/C19H20N2O4/c1-24-15-8-5-9-16(25-2)17(15)19(23)20-11-10-13-12-6-3-4-7-14(12)21-18(13)22/h3-9,13H,10-11H2,1-2H3,(H,20,23)(H,21,22). The largest absolute Gasteiger partial charge is 0.496 e. The van der Waals surface area contributed by atoms with Gasteiger partial charge in [-0.2, -0.15) is 0 Å². The fraction of sp³-hybridized carbons (Fsp3) is 0.263. The van der Waals surface area contributed by atoms with Crippen molar-refractivity contribution in [2.45, 2.75) is 12.3 Å². The number of para-hydroxylation sites is 1. The molecule has 2 aromatic rings. The summed E-state index contributed by atoms with van der Waals surface area (Å²) in [7, 11) is 3.01. The number of benzene rings is 2. The first-order valence-electron chi connectivity index (χ1n) is 8.04.